The number of rotatable bonds is 9. The highest BCUT2D eigenvalue weighted by molar-refractivity contribution is 7.92. The third-order valence-electron chi connectivity index (χ3n) is 5.56. The van der Waals surface area contributed by atoms with Gasteiger partial charge in [-0.25, -0.2) is 8.42 Å². The summed E-state index contributed by atoms with van der Waals surface area (Å²) >= 11 is 0. The predicted octanol–water partition coefficient (Wildman–Crippen LogP) is 4.66. The molecule has 3 aromatic carbocycles. The second-order valence-corrected chi connectivity index (χ2v) is 10.4. The Balaban J connectivity index is 1.59. The minimum atomic E-state index is -4.05. The molecule has 4 rings (SSSR count). The Hall–Kier alpha value is -4.37. The number of carbonyl (C=O) groups excluding carboxylic acids is 2. The average molecular weight is 518 g/mol. The fourth-order valence-corrected chi connectivity index (χ4v) is 5.34. The van der Waals surface area contributed by atoms with Gasteiger partial charge < -0.3 is 15.1 Å². The van der Waals surface area contributed by atoms with E-state index >= 15 is 0 Å². The van der Waals surface area contributed by atoms with Gasteiger partial charge in [-0.3, -0.25) is 13.9 Å². The van der Waals surface area contributed by atoms with Crippen molar-refractivity contribution in [1.82, 2.24) is 5.32 Å². The standard InChI is InChI=1S/C28H27N3O5S/c1-20-15-21(2)17-22(16-20)31(37(34,35)24-10-4-3-5-11-24)19-27(32)30-26-13-7-6-12-25(26)28(33)29-18-23-9-8-14-36-23/h3-17H,18-19H2,1-2H3,(H,29,33)(H,30,32). The number of anilines is 2. The molecule has 0 aliphatic rings. The molecular formula is C28H27N3O5S. The minimum Gasteiger partial charge on any atom is -0.467 e. The van der Waals surface area contributed by atoms with Crippen LogP contribution in [0.1, 0.15) is 27.2 Å². The Labute approximate surface area is 216 Å². The fourth-order valence-electron chi connectivity index (χ4n) is 3.92. The highest BCUT2D eigenvalue weighted by Gasteiger charge is 2.28. The smallest absolute Gasteiger partial charge is 0.264 e. The number of hydrogen-bond donors (Lipinski definition) is 2. The molecule has 1 heterocycles. The first kappa shape index (κ1) is 25.7. The zero-order chi connectivity index (χ0) is 26.4. The Morgan fingerprint density at radius 1 is 0.865 bits per heavy atom. The second-order valence-electron chi connectivity index (χ2n) is 8.53. The largest absolute Gasteiger partial charge is 0.467 e. The van der Waals surface area contributed by atoms with Gasteiger partial charge >= 0.3 is 0 Å². The first-order valence-electron chi connectivity index (χ1n) is 11.6. The van der Waals surface area contributed by atoms with Crippen LogP contribution in [0.25, 0.3) is 0 Å². The molecule has 8 nitrogen and oxygen atoms in total. The number of hydrogen-bond acceptors (Lipinski definition) is 5. The number of sulfonamides is 1. The molecule has 2 N–H and O–H groups in total. The lowest BCUT2D eigenvalue weighted by atomic mass is 10.1. The van der Waals surface area contributed by atoms with Crippen LogP contribution in [-0.2, 0) is 21.4 Å². The molecule has 0 spiro atoms. The van der Waals surface area contributed by atoms with Crippen molar-refractivity contribution in [1.29, 1.82) is 0 Å². The lowest BCUT2D eigenvalue weighted by Gasteiger charge is -2.25. The van der Waals surface area contributed by atoms with Crippen LogP contribution in [0.2, 0.25) is 0 Å². The van der Waals surface area contributed by atoms with Gasteiger partial charge in [0.15, 0.2) is 0 Å². The second kappa shape index (κ2) is 11.1. The molecular weight excluding hydrogens is 490 g/mol. The van der Waals surface area contributed by atoms with Crippen LogP contribution in [-0.4, -0.2) is 26.8 Å². The number of furan rings is 1. The van der Waals surface area contributed by atoms with Crippen molar-refractivity contribution in [2.45, 2.75) is 25.3 Å². The quantitative estimate of drug-likeness (QED) is 0.336. The highest BCUT2D eigenvalue weighted by atomic mass is 32.2. The van der Waals surface area contributed by atoms with Crippen LogP contribution in [0.15, 0.2) is 101 Å². The van der Waals surface area contributed by atoms with Crippen LogP contribution < -0.4 is 14.9 Å². The summed E-state index contributed by atoms with van der Waals surface area (Å²) in [6, 6.07) is 23.3. The molecule has 2 amide bonds. The third kappa shape index (κ3) is 6.25. The zero-order valence-electron chi connectivity index (χ0n) is 20.5. The van der Waals surface area contributed by atoms with Crippen molar-refractivity contribution in [2.75, 3.05) is 16.2 Å². The first-order chi connectivity index (χ1) is 17.7. The van der Waals surface area contributed by atoms with Gasteiger partial charge in [-0.15, -0.1) is 0 Å². The van der Waals surface area contributed by atoms with Crippen LogP contribution in [0.3, 0.4) is 0 Å². The van der Waals surface area contributed by atoms with Gasteiger partial charge in [-0.05, 0) is 73.5 Å². The summed E-state index contributed by atoms with van der Waals surface area (Å²) < 4.78 is 33.5. The van der Waals surface area contributed by atoms with Gasteiger partial charge in [0.25, 0.3) is 15.9 Å². The Kier molecular flexibility index (Phi) is 7.74. The molecule has 37 heavy (non-hydrogen) atoms. The van der Waals surface area contributed by atoms with E-state index in [0.29, 0.717) is 11.4 Å². The lowest BCUT2D eigenvalue weighted by Crippen LogP contribution is -2.38. The summed E-state index contributed by atoms with van der Waals surface area (Å²) in [5.41, 5.74) is 2.61. The van der Waals surface area contributed by atoms with Gasteiger partial charge in [0.2, 0.25) is 5.91 Å². The van der Waals surface area contributed by atoms with Crippen molar-refractivity contribution < 1.29 is 22.4 Å². The van der Waals surface area contributed by atoms with Gasteiger partial charge in [0.1, 0.15) is 12.3 Å². The van der Waals surface area contributed by atoms with E-state index in [1.807, 2.05) is 19.9 Å². The molecule has 0 aliphatic heterocycles. The molecule has 0 saturated heterocycles. The summed E-state index contributed by atoms with van der Waals surface area (Å²) in [7, 11) is -4.05. The fraction of sp³-hybridized carbons (Fsp3) is 0.143. The van der Waals surface area contributed by atoms with Crippen molar-refractivity contribution in [3.63, 3.8) is 0 Å². The lowest BCUT2D eigenvalue weighted by molar-refractivity contribution is -0.114. The molecule has 0 fully saturated rings. The van der Waals surface area contributed by atoms with Crippen LogP contribution in [0.4, 0.5) is 11.4 Å². The molecule has 0 radical (unpaired) electrons. The molecule has 0 bridgehead atoms. The highest BCUT2D eigenvalue weighted by Crippen LogP contribution is 2.26. The third-order valence-corrected chi connectivity index (χ3v) is 7.35. The van der Waals surface area contributed by atoms with E-state index in [0.717, 1.165) is 15.4 Å². The van der Waals surface area contributed by atoms with Crippen molar-refractivity contribution in [3.8, 4) is 0 Å². The van der Waals surface area contributed by atoms with E-state index in [4.69, 9.17) is 4.42 Å². The Bertz CT molecular complexity index is 1480. The Morgan fingerprint density at radius 2 is 1.54 bits per heavy atom. The molecule has 0 aliphatic carbocycles. The molecule has 9 heteroatoms. The minimum absolute atomic E-state index is 0.0691. The van der Waals surface area contributed by atoms with Gasteiger partial charge in [-0.1, -0.05) is 36.4 Å². The Morgan fingerprint density at radius 3 is 2.22 bits per heavy atom. The van der Waals surface area contributed by atoms with Gasteiger partial charge in [-0.2, -0.15) is 0 Å². The maximum Gasteiger partial charge on any atom is 0.264 e. The number of carbonyl (C=O) groups is 2. The van der Waals surface area contributed by atoms with Crippen molar-refractivity contribution >= 4 is 33.2 Å². The van der Waals surface area contributed by atoms with Crippen LogP contribution >= 0.6 is 0 Å². The zero-order valence-corrected chi connectivity index (χ0v) is 21.3. The maximum absolute atomic E-state index is 13.6. The molecule has 190 valence electrons. The van der Waals surface area contributed by atoms with E-state index in [-0.39, 0.29) is 22.7 Å². The summed E-state index contributed by atoms with van der Waals surface area (Å²) in [6.45, 7) is 3.43. The summed E-state index contributed by atoms with van der Waals surface area (Å²) in [4.78, 5) is 26.1. The van der Waals surface area contributed by atoms with Gasteiger partial charge in [0, 0.05) is 0 Å². The van der Waals surface area contributed by atoms with Gasteiger partial charge in [0.05, 0.1) is 34.6 Å². The van der Waals surface area contributed by atoms with E-state index in [9.17, 15) is 18.0 Å². The van der Waals surface area contributed by atoms with Crippen LogP contribution in [0.5, 0.6) is 0 Å². The number of nitrogens with one attached hydrogen (secondary N) is 2. The summed E-state index contributed by atoms with van der Waals surface area (Å²) in [5, 5.41) is 5.46. The summed E-state index contributed by atoms with van der Waals surface area (Å²) in [5.74, 6) is -0.412. The number of nitrogens with zero attached hydrogens (tertiary/aromatic N) is 1. The van der Waals surface area contributed by atoms with E-state index in [2.05, 4.69) is 10.6 Å². The first-order valence-corrected chi connectivity index (χ1v) is 13.0. The number of benzene rings is 3. The van der Waals surface area contributed by atoms with E-state index in [1.165, 1.54) is 18.4 Å². The average Bonchev–Trinajstić information content (AvgIpc) is 3.40. The van der Waals surface area contributed by atoms with Crippen LogP contribution in [0, 0.1) is 13.8 Å². The molecule has 1 aromatic heterocycles. The number of aryl methyl sites for hydroxylation is 2. The van der Waals surface area contributed by atoms with E-state index < -0.39 is 28.4 Å². The predicted molar refractivity (Wildman–Crippen MR) is 142 cm³/mol. The molecule has 4 aromatic rings. The normalized spacial score (nSPS) is 11.1. The molecule has 0 atom stereocenters. The summed E-state index contributed by atoms with van der Waals surface area (Å²) in [6.07, 6.45) is 1.51. The maximum atomic E-state index is 13.6. The topological polar surface area (TPSA) is 109 Å². The monoisotopic (exact) mass is 517 g/mol. The molecule has 0 saturated carbocycles. The number of para-hydroxylation sites is 1. The van der Waals surface area contributed by atoms with Crippen molar-refractivity contribution in [2.24, 2.45) is 0 Å². The number of amides is 2. The van der Waals surface area contributed by atoms with Crippen molar-refractivity contribution in [3.05, 3.63) is 114 Å². The van der Waals surface area contributed by atoms with E-state index in [1.54, 1.807) is 66.7 Å². The molecule has 0 unspecified atom stereocenters. The SMILES string of the molecule is Cc1cc(C)cc(N(CC(=O)Nc2ccccc2C(=O)NCc2ccco2)S(=O)(=O)c2ccccc2)c1.